The van der Waals surface area contributed by atoms with Gasteiger partial charge >= 0.3 is 5.97 Å². The average Bonchev–Trinajstić information content (AvgIpc) is 2.83. The summed E-state index contributed by atoms with van der Waals surface area (Å²) in [4.78, 5) is 26.2. The summed E-state index contributed by atoms with van der Waals surface area (Å²) in [7, 11) is 0. The summed E-state index contributed by atoms with van der Waals surface area (Å²) in [5, 5.41) is 11.6. The number of aromatic hydroxyl groups is 1. The van der Waals surface area contributed by atoms with Crippen LogP contribution in [-0.4, -0.2) is 11.1 Å². The van der Waals surface area contributed by atoms with Gasteiger partial charge in [-0.15, -0.1) is 0 Å². The quantitative estimate of drug-likeness (QED) is 0.224. The van der Waals surface area contributed by atoms with Crippen molar-refractivity contribution < 1.29 is 23.4 Å². The number of carbonyl (C=O) groups is 1. The van der Waals surface area contributed by atoms with Gasteiger partial charge in [0.05, 0.1) is 17.4 Å². The van der Waals surface area contributed by atoms with Gasteiger partial charge < -0.3 is 14.3 Å². The zero-order valence-corrected chi connectivity index (χ0v) is 22.4. The Labute approximate surface area is 220 Å². The smallest absolute Gasteiger partial charge is 0.312 e. The molecule has 0 radical (unpaired) electrons. The number of benzene rings is 3. The summed E-state index contributed by atoms with van der Waals surface area (Å²) >= 11 is 0. The van der Waals surface area contributed by atoms with E-state index in [0.29, 0.717) is 33.4 Å². The molecular weight excluding hydrogens is 483 g/mol. The van der Waals surface area contributed by atoms with Gasteiger partial charge in [0.25, 0.3) is 0 Å². The number of rotatable bonds is 2. The molecular formula is C32H31FO5. The highest BCUT2D eigenvalue weighted by atomic mass is 19.1. The van der Waals surface area contributed by atoms with E-state index in [2.05, 4.69) is 0 Å². The van der Waals surface area contributed by atoms with Crippen molar-refractivity contribution in [2.45, 2.75) is 64.7 Å². The number of hydrogen-bond donors (Lipinski definition) is 1. The third-order valence-corrected chi connectivity index (χ3v) is 7.19. The van der Waals surface area contributed by atoms with Crippen molar-refractivity contribution in [3.05, 3.63) is 93.1 Å². The van der Waals surface area contributed by atoms with E-state index in [4.69, 9.17) is 9.15 Å². The van der Waals surface area contributed by atoms with Gasteiger partial charge in [0.15, 0.2) is 0 Å². The van der Waals surface area contributed by atoms with E-state index in [0.717, 1.165) is 16.7 Å². The predicted octanol–water partition coefficient (Wildman–Crippen LogP) is 7.34. The van der Waals surface area contributed by atoms with E-state index in [1.54, 1.807) is 12.1 Å². The normalized spacial score (nSPS) is 15.9. The summed E-state index contributed by atoms with van der Waals surface area (Å²) in [6.45, 7) is 12.2. The first-order chi connectivity index (χ1) is 17.8. The molecule has 0 fully saturated rings. The highest BCUT2D eigenvalue weighted by Gasteiger charge is 2.35. The molecule has 3 aromatic carbocycles. The van der Waals surface area contributed by atoms with E-state index < -0.39 is 11.7 Å². The molecule has 1 atom stereocenters. The summed E-state index contributed by atoms with van der Waals surface area (Å²) in [5.41, 5.74) is 3.26. The first-order valence-corrected chi connectivity index (χ1v) is 12.7. The average molecular weight is 515 g/mol. The molecule has 4 aromatic rings. The number of carbonyl (C=O) groups excluding carboxylic acids is 1. The maximum absolute atomic E-state index is 13.5. The number of phenols is 1. The minimum atomic E-state index is -0.447. The van der Waals surface area contributed by atoms with Crippen LogP contribution in [0.1, 0.15) is 76.1 Å². The van der Waals surface area contributed by atoms with Crippen LogP contribution in [0.15, 0.2) is 64.0 Å². The molecule has 0 aliphatic carbocycles. The summed E-state index contributed by atoms with van der Waals surface area (Å²) in [6.07, 6.45) is 1.44. The van der Waals surface area contributed by atoms with E-state index in [9.17, 15) is 19.1 Å². The molecule has 1 aliphatic rings. The van der Waals surface area contributed by atoms with E-state index in [1.807, 2.05) is 53.7 Å². The number of hydrogen-bond acceptors (Lipinski definition) is 5. The fraction of sp³-hybridized carbons (Fsp3) is 0.312. The molecule has 0 saturated carbocycles. The highest BCUT2D eigenvalue weighted by molar-refractivity contribution is 5.90. The number of esters is 1. The SMILES string of the molecule is CC(C)(C)c1cc([C@@H]2CC(=O)Oc3ccc4c(=O)c(-c5ccc(F)cc5)coc4c32)cc(C(C)(C)C)c1O. The molecule has 1 aromatic heterocycles. The van der Waals surface area contributed by atoms with E-state index in [-0.39, 0.29) is 34.4 Å². The Hall–Kier alpha value is -3.93. The van der Waals surface area contributed by atoms with Gasteiger partial charge in [-0.1, -0.05) is 65.8 Å². The Balaban J connectivity index is 1.77. The second-order valence-electron chi connectivity index (χ2n) is 12.0. The second kappa shape index (κ2) is 8.83. The molecule has 2 heterocycles. The van der Waals surface area contributed by atoms with Crippen molar-refractivity contribution in [1.29, 1.82) is 0 Å². The molecule has 1 aliphatic heterocycles. The molecule has 196 valence electrons. The lowest BCUT2D eigenvalue weighted by Gasteiger charge is -2.31. The third-order valence-electron chi connectivity index (χ3n) is 7.19. The molecule has 5 rings (SSSR count). The minimum absolute atomic E-state index is 0.0630. The highest BCUT2D eigenvalue weighted by Crippen LogP contribution is 2.47. The van der Waals surface area contributed by atoms with Crippen LogP contribution < -0.4 is 10.2 Å². The van der Waals surface area contributed by atoms with Gasteiger partial charge in [0.2, 0.25) is 5.43 Å². The van der Waals surface area contributed by atoms with Gasteiger partial charge in [-0.2, -0.15) is 0 Å². The predicted molar refractivity (Wildman–Crippen MR) is 145 cm³/mol. The zero-order chi connectivity index (χ0) is 27.6. The Kier molecular flexibility index (Phi) is 5.97. The molecule has 38 heavy (non-hydrogen) atoms. The standard InChI is InChI=1S/C32H31FO5/c1-31(2,3)23-13-18(14-24(29(23)36)32(4,5)6)21-15-26(34)38-25-12-11-20-28(35)22(16-37-30(20)27(21)25)17-7-9-19(33)10-8-17/h7-14,16,21,36H,15H2,1-6H3/t21-/m0/s1. The lowest BCUT2D eigenvalue weighted by Crippen LogP contribution is -2.24. The molecule has 6 heteroatoms. The largest absolute Gasteiger partial charge is 0.507 e. The van der Waals surface area contributed by atoms with E-state index >= 15 is 0 Å². The van der Waals surface area contributed by atoms with Crippen molar-refractivity contribution in [3.63, 3.8) is 0 Å². The summed E-state index contributed by atoms with van der Waals surface area (Å²) in [5.74, 6) is -0.622. The Morgan fingerprint density at radius 3 is 2.08 bits per heavy atom. The van der Waals surface area contributed by atoms with Crippen LogP contribution in [0.5, 0.6) is 11.5 Å². The molecule has 5 nitrogen and oxygen atoms in total. The summed E-state index contributed by atoms with van der Waals surface area (Å²) in [6, 6.07) is 12.8. The van der Waals surface area contributed by atoms with Crippen LogP contribution in [0.4, 0.5) is 4.39 Å². The Morgan fingerprint density at radius 2 is 1.50 bits per heavy atom. The van der Waals surface area contributed by atoms with Crippen molar-refractivity contribution in [2.75, 3.05) is 0 Å². The van der Waals surface area contributed by atoms with Crippen LogP contribution in [0, 0.1) is 5.82 Å². The summed E-state index contributed by atoms with van der Waals surface area (Å²) < 4.78 is 25.1. The number of halogens is 1. The van der Waals surface area contributed by atoms with Crippen LogP contribution in [-0.2, 0) is 15.6 Å². The van der Waals surface area contributed by atoms with E-state index in [1.165, 1.54) is 30.5 Å². The Morgan fingerprint density at radius 1 is 0.895 bits per heavy atom. The van der Waals surface area contributed by atoms with Crippen molar-refractivity contribution in [2.24, 2.45) is 0 Å². The van der Waals surface area contributed by atoms with Gasteiger partial charge in [0.1, 0.15) is 29.2 Å². The van der Waals surface area contributed by atoms with Gasteiger partial charge in [-0.3, -0.25) is 9.59 Å². The first-order valence-electron chi connectivity index (χ1n) is 12.7. The Bertz CT molecular complexity index is 1600. The third kappa shape index (κ3) is 4.38. The van der Waals surface area contributed by atoms with Crippen LogP contribution in [0.3, 0.4) is 0 Å². The molecule has 1 N–H and O–H groups in total. The van der Waals surface area contributed by atoms with Crippen molar-refractivity contribution in [1.82, 2.24) is 0 Å². The van der Waals surface area contributed by atoms with Crippen molar-refractivity contribution in [3.8, 4) is 22.6 Å². The second-order valence-corrected chi connectivity index (χ2v) is 12.0. The maximum Gasteiger partial charge on any atom is 0.312 e. The topological polar surface area (TPSA) is 76.7 Å². The van der Waals surface area contributed by atoms with Crippen LogP contribution >= 0.6 is 0 Å². The number of fused-ring (bicyclic) bond motifs is 3. The molecule has 0 saturated heterocycles. The maximum atomic E-state index is 13.5. The fourth-order valence-electron chi connectivity index (χ4n) is 5.17. The molecule has 0 bridgehead atoms. The number of ether oxygens (including phenoxy) is 1. The van der Waals surface area contributed by atoms with Crippen LogP contribution in [0.2, 0.25) is 0 Å². The van der Waals surface area contributed by atoms with Gasteiger partial charge in [0, 0.05) is 11.5 Å². The lowest BCUT2D eigenvalue weighted by molar-refractivity contribution is -0.135. The van der Waals surface area contributed by atoms with Crippen molar-refractivity contribution >= 4 is 16.9 Å². The lowest BCUT2D eigenvalue weighted by atomic mass is 9.75. The minimum Gasteiger partial charge on any atom is -0.507 e. The molecule has 0 amide bonds. The van der Waals surface area contributed by atoms with Gasteiger partial charge in [-0.25, -0.2) is 4.39 Å². The monoisotopic (exact) mass is 514 g/mol. The number of phenolic OH excluding ortho intramolecular Hbond substituents is 1. The zero-order valence-electron chi connectivity index (χ0n) is 22.4. The van der Waals surface area contributed by atoms with Gasteiger partial charge in [-0.05, 0) is 57.3 Å². The first kappa shape index (κ1) is 25.7. The molecule has 0 unspecified atom stereocenters. The molecule has 0 spiro atoms. The van der Waals surface area contributed by atoms with Crippen LogP contribution in [0.25, 0.3) is 22.1 Å². The fourth-order valence-corrected chi connectivity index (χ4v) is 5.17.